The molecule has 4 rings (SSSR count). The number of carbonyl (C=O) groups is 2. The van der Waals surface area contributed by atoms with E-state index in [2.05, 4.69) is 29.8 Å². The fourth-order valence-corrected chi connectivity index (χ4v) is 4.34. The van der Waals surface area contributed by atoms with Crippen LogP contribution in [0.3, 0.4) is 0 Å². The molecule has 0 bridgehead atoms. The molecule has 1 atom stereocenters. The third-order valence-electron chi connectivity index (χ3n) is 5.92. The number of amides is 1. The van der Waals surface area contributed by atoms with Crippen LogP contribution in [0.5, 0.6) is 11.5 Å². The number of aliphatic hydroxyl groups is 1. The van der Waals surface area contributed by atoms with Gasteiger partial charge in [-0.3, -0.25) is 14.5 Å². The molecule has 1 aliphatic rings. The molecular formula is C27H24BrNO5. The number of ketones is 1. The summed E-state index contributed by atoms with van der Waals surface area (Å²) in [6.45, 7) is 4.14. The summed E-state index contributed by atoms with van der Waals surface area (Å²) in [5.74, 6) is -1.41. The number of anilines is 1. The molecule has 174 valence electrons. The number of aliphatic hydroxyl groups excluding tert-OH is 1. The van der Waals surface area contributed by atoms with Crippen LogP contribution in [0.1, 0.15) is 42.5 Å². The van der Waals surface area contributed by atoms with Crippen molar-refractivity contribution < 1.29 is 24.5 Å². The highest BCUT2D eigenvalue weighted by Crippen LogP contribution is 2.44. The number of methoxy groups -OCH3 is 1. The van der Waals surface area contributed by atoms with Gasteiger partial charge in [0.25, 0.3) is 11.7 Å². The summed E-state index contributed by atoms with van der Waals surface area (Å²) in [5.41, 5.74) is 2.42. The first-order valence-electron chi connectivity index (χ1n) is 10.8. The normalized spacial score (nSPS) is 17.4. The average Bonchev–Trinajstić information content (AvgIpc) is 3.09. The zero-order valence-corrected chi connectivity index (χ0v) is 20.5. The lowest BCUT2D eigenvalue weighted by Gasteiger charge is -2.26. The molecule has 6 nitrogen and oxygen atoms in total. The van der Waals surface area contributed by atoms with Crippen molar-refractivity contribution in [1.82, 2.24) is 0 Å². The van der Waals surface area contributed by atoms with Gasteiger partial charge in [0, 0.05) is 15.7 Å². The number of hydrogen-bond donors (Lipinski definition) is 2. The summed E-state index contributed by atoms with van der Waals surface area (Å²) >= 11 is 3.36. The molecule has 0 spiro atoms. The van der Waals surface area contributed by atoms with Gasteiger partial charge < -0.3 is 14.9 Å². The van der Waals surface area contributed by atoms with Crippen LogP contribution in [0.4, 0.5) is 5.69 Å². The van der Waals surface area contributed by atoms with E-state index in [-0.39, 0.29) is 22.8 Å². The first kappa shape index (κ1) is 23.6. The zero-order chi connectivity index (χ0) is 24.6. The van der Waals surface area contributed by atoms with Gasteiger partial charge in [0.1, 0.15) is 5.76 Å². The van der Waals surface area contributed by atoms with E-state index in [1.54, 1.807) is 48.5 Å². The summed E-state index contributed by atoms with van der Waals surface area (Å²) in [6.07, 6.45) is 0. The Morgan fingerprint density at radius 3 is 2.21 bits per heavy atom. The van der Waals surface area contributed by atoms with Crippen molar-refractivity contribution in [2.24, 2.45) is 0 Å². The standard InChI is InChI=1S/C27H24BrNO5/c1-15(2)16-6-11-20(12-7-16)29-24(18-8-13-22(34-3)21(30)14-18)23(26(32)27(29)33)25(31)17-4-9-19(28)10-5-17/h4-15,24,30-31H,1-3H3/b25-23-. The zero-order valence-electron chi connectivity index (χ0n) is 18.9. The second-order valence-electron chi connectivity index (χ2n) is 8.35. The molecule has 1 heterocycles. The highest BCUT2D eigenvalue weighted by Gasteiger charge is 2.47. The molecule has 0 aromatic heterocycles. The smallest absolute Gasteiger partial charge is 0.300 e. The summed E-state index contributed by atoms with van der Waals surface area (Å²) in [4.78, 5) is 27.8. The van der Waals surface area contributed by atoms with Crippen molar-refractivity contribution in [2.75, 3.05) is 12.0 Å². The molecule has 0 aliphatic carbocycles. The van der Waals surface area contributed by atoms with E-state index < -0.39 is 17.7 Å². The molecule has 1 aliphatic heterocycles. The second kappa shape index (κ2) is 9.35. The number of aromatic hydroxyl groups is 1. The van der Waals surface area contributed by atoms with Gasteiger partial charge in [-0.15, -0.1) is 0 Å². The molecule has 2 N–H and O–H groups in total. The number of carbonyl (C=O) groups excluding carboxylic acids is 2. The van der Waals surface area contributed by atoms with Crippen molar-refractivity contribution in [3.8, 4) is 11.5 Å². The van der Waals surface area contributed by atoms with E-state index in [1.165, 1.54) is 18.1 Å². The van der Waals surface area contributed by atoms with Crippen LogP contribution in [0.2, 0.25) is 0 Å². The number of nitrogens with zero attached hydrogens (tertiary/aromatic N) is 1. The predicted molar refractivity (Wildman–Crippen MR) is 134 cm³/mol. The Morgan fingerprint density at radius 2 is 1.65 bits per heavy atom. The van der Waals surface area contributed by atoms with Crippen LogP contribution in [-0.4, -0.2) is 29.0 Å². The van der Waals surface area contributed by atoms with E-state index in [4.69, 9.17) is 4.74 Å². The number of phenolic OH excluding ortho intramolecular Hbond substituents is 1. The van der Waals surface area contributed by atoms with E-state index >= 15 is 0 Å². The Morgan fingerprint density at radius 1 is 1.00 bits per heavy atom. The molecule has 3 aromatic rings. The van der Waals surface area contributed by atoms with Gasteiger partial charge in [0.2, 0.25) is 0 Å². The third kappa shape index (κ3) is 4.19. The van der Waals surface area contributed by atoms with Crippen LogP contribution in [0.25, 0.3) is 5.76 Å². The Hall–Kier alpha value is -3.58. The fourth-order valence-electron chi connectivity index (χ4n) is 4.07. The van der Waals surface area contributed by atoms with Gasteiger partial charge >= 0.3 is 0 Å². The molecule has 1 amide bonds. The van der Waals surface area contributed by atoms with Gasteiger partial charge in [-0.25, -0.2) is 0 Å². The van der Waals surface area contributed by atoms with E-state index in [9.17, 15) is 19.8 Å². The first-order chi connectivity index (χ1) is 16.2. The number of ether oxygens (including phenoxy) is 1. The van der Waals surface area contributed by atoms with Gasteiger partial charge in [-0.2, -0.15) is 0 Å². The van der Waals surface area contributed by atoms with Crippen molar-refractivity contribution in [3.05, 3.63) is 93.5 Å². The lowest BCUT2D eigenvalue weighted by atomic mass is 9.94. The number of phenols is 1. The van der Waals surface area contributed by atoms with E-state index in [0.717, 1.165) is 10.0 Å². The summed E-state index contributed by atoms with van der Waals surface area (Å²) in [6, 6.07) is 17.9. The molecule has 1 fully saturated rings. The summed E-state index contributed by atoms with van der Waals surface area (Å²) < 4.78 is 5.95. The molecule has 34 heavy (non-hydrogen) atoms. The minimum absolute atomic E-state index is 0.0511. The van der Waals surface area contributed by atoms with Crippen molar-refractivity contribution in [1.29, 1.82) is 0 Å². The van der Waals surface area contributed by atoms with E-state index in [1.807, 2.05) is 12.1 Å². The number of halogens is 1. The maximum atomic E-state index is 13.3. The predicted octanol–water partition coefficient (Wildman–Crippen LogP) is 5.91. The first-order valence-corrected chi connectivity index (χ1v) is 11.6. The summed E-state index contributed by atoms with van der Waals surface area (Å²) in [7, 11) is 1.44. The Bertz CT molecular complexity index is 1280. The number of hydrogen-bond acceptors (Lipinski definition) is 5. The molecule has 0 saturated carbocycles. The molecule has 0 radical (unpaired) electrons. The highest BCUT2D eigenvalue weighted by molar-refractivity contribution is 9.10. The molecule has 1 unspecified atom stereocenters. The molecular weight excluding hydrogens is 498 g/mol. The Kier molecular flexibility index (Phi) is 6.48. The third-order valence-corrected chi connectivity index (χ3v) is 6.45. The van der Waals surface area contributed by atoms with Crippen LogP contribution in [0.15, 0.2) is 76.8 Å². The highest BCUT2D eigenvalue weighted by atomic mass is 79.9. The van der Waals surface area contributed by atoms with Crippen LogP contribution in [0, 0.1) is 0 Å². The van der Waals surface area contributed by atoms with Gasteiger partial charge in [0.15, 0.2) is 11.5 Å². The lowest BCUT2D eigenvalue weighted by molar-refractivity contribution is -0.132. The topological polar surface area (TPSA) is 87.1 Å². The SMILES string of the molecule is COc1ccc(C2/C(=C(/O)c3ccc(Br)cc3)C(=O)C(=O)N2c2ccc(C(C)C)cc2)cc1O. The maximum Gasteiger partial charge on any atom is 0.300 e. The van der Waals surface area contributed by atoms with Crippen molar-refractivity contribution in [2.45, 2.75) is 25.8 Å². The van der Waals surface area contributed by atoms with Crippen LogP contribution < -0.4 is 9.64 Å². The van der Waals surface area contributed by atoms with Crippen LogP contribution in [-0.2, 0) is 9.59 Å². The van der Waals surface area contributed by atoms with Gasteiger partial charge in [0.05, 0.1) is 18.7 Å². The lowest BCUT2D eigenvalue weighted by Crippen LogP contribution is -2.29. The quantitative estimate of drug-likeness (QED) is 0.247. The molecule has 3 aromatic carbocycles. The van der Waals surface area contributed by atoms with Gasteiger partial charge in [-0.05, 0) is 53.4 Å². The second-order valence-corrected chi connectivity index (χ2v) is 9.27. The Balaban J connectivity index is 1.92. The molecule has 1 saturated heterocycles. The monoisotopic (exact) mass is 521 g/mol. The van der Waals surface area contributed by atoms with E-state index in [0.29, 0.717) is 22.7 Å². The number of benzene rings is 3. The fraction of sp³-hybridized carbons (Fsp3) is 0.185. The average molecular weight is 522 g/mol. The molecule has 7 heteroatoms. The minimum Gasteiger partial charge on any atom is -0.507 e. The van der Waals surface area contributed by atoms with Crippen LogP contribution >= 0.6 is 15.9 Å². The number of rotatable bonds is 5. The number of Topliss-reactive ketones (excluding diaryl/α,β-unsaturated/α-hetero) is 1. The minimum atomic E-state index is -0.939. The Labute approximate surface area is 206 Å². The largest absolute Gasteiger partial charge is 0.507 e. The maximum absolute atomic E-state index is 13.3. The van der Waals surface area contributed by atoms with Crippen molar-refractivity contribution in [3.63, 3.8) is 0 Å². The van der Waals surface area contributed by atoms with Crippen molar-refractivity contribution >= 4 is 39.1 Å². The van der Waals surface area contributed by atoms with Gasteiger partial charge in [-0.1, -0.05) is 60.1 Å². The summed E-state index contributed by atoms with van der Waals surface area (Å²) in [5, 5.41) is 21.6.